The molecule has 0 aliphatic heterocycles. The Hall–Kier alpha value is -3.41. The van der Waals surface area contributed by atoms with Gasteiger partial charge in [0.2, 0.25) is 5.91 Å². The number of amides is 2. The summed E-state index contributed by atoms with van der Waals surface area (Å²) in [6.07, 6.45) is 1.73. The van der Waals surface area contributed by atoms with Gasteiger partial charge in [0.15, 0.2) is 0 Å². The van der Waals surface area contributed by atoms with E-state index in [0.29, 0.717) is 12.1 Å². The first-order valence-electron chi connectivity index (χ1n) is 8.33. The third kappa shape index (κ3) is 4.36. The van der Waals surface area contributed by atoms with Crippen LogP contribution in [-0.4, -0.2) is 28.1 Å². The molecule has 1 aromatic heterocycles. The van der Waals surface area contributed by atoms with Crippen molar-refractivity contribution >= 4 is 11.8 Å². The van der Waals surface area contributed by atoms with Crippen molar-refractivity contribution in [2.75, 3.05) is 6.54 Å². The minimum atomic E-state index is -0.288. The average molecular weight is 348 g/mol. The summed E-state index contributed by atoms with van der Waals surface area (Å²) in [6, 6.07) is 18.6. The van der Waals surface area contributed by atoms with E-state index in [4.69, 9.17) is 0 Å². The number of benzene rings is 2. The predicted molar refractivity (Wildman–Crippen MR) is 98.9 cm³/mol. The highest BCUT2D eigenvalue weighted by Crippen LogP contribution is 2.11. The lowest BCUT2D eigenvalue weighted by molar-refractivity contribution is -0.120. The minimum absolute atomic E-state index is 0.0638. The molecule has 2 aromatic carbocycles. The highest BCUT2D eigenvalue weighted by atomic mass is 16.2. The maximum absolute atomic E-state index is 12.2. The second-order valence-corrected chi connectivity index (χ2v) is 5.88. The normalized spacial score (nSPS) is 10.3. The molecule has 0 fully saturated rings. The standard InChI is InChI=1S/C20H20N4O2/c1-15-11-12-23-24(15)18-9-7-17(8-10-18)20(26)22-14-19(25)21-13-16-5-3-2-4-6-16/h2-12H,13-14H2,1H3,(H,21,25)(H,22,26). The lowest BCUT2D eigenvalue weighted by atomic mass is 10.2. The number of hydrogen-bond donors (Lipinski definition) is 2. The maximum Gasteiger partial charge on any atom is 0.251 e. The molecule has 0 saturated carbocycles. The Morgan fingerprint density at radius 2 is 1.69 bits per heavy atom. The summed E-state index contributed by atoms with van der Waals surface area (Å²) in [6.45, 7) is 2.33. The van der Waals surface area contributed by atoms with E-state index in [1.54, 1.807) is 23.0 Å². The van der Waals surface area contributed by atoms with Crippen LogP contribution < -0.4 is 10.6 Å². The lowest BCUT2D eigenvalue weighted by Gasteiger charge is -2.08. The van der Waals surface area contributed by atoms with Crippen LogP contribution >= 0.6 is 0 Å². The fourth-order valence-corrected chi connectivity index (χ4v) is 2.52. The summed E-state index contributed by atoms with van der Waals surface area (Å²) in [4.78, 5) is 24.0. The molecule has 0 spiro atoms. The fourth-order valence-electron chi connectivity index (χ4n) is 2.52. The molecular formula is C20H20N4O2. The van der Waals surface area contributed by atoms with Gasteiger partial charge in [0.1, 0.15) is 0 Å². The summed E-state index contributed by atoms with van der Waals surface area (Å²) in [5.41, 5.74) is 3.40. The van der Waals surface area contributed by atoms with Crippen LogP contribution in [-0.2, 0) is 11.3 Å². The summed E-state index contributed by atoms with van der Waals surface area (Å²) in [7, 11) is 0. The van der Waals surface area contributed by atoms with Crippen LogP contribution in [0.2, 0.25) is 0 Å². The van der Waals surface area contributed by atoms with E-state index in [1.807, 2.05) is 55.5 Å². The molecule has 3 rings (SSSR count). The zero-order chi connectivity index (χ0) is 18.4. The van der Waals surface area contributed by atoms with Crippen molar-refractivity contribution in [1.82, 2.24) is 20.4 Å². The average Bonchev–Trinajstić information content (AvgIpc) is 3.11. The van der Waals surface area contributed by atoms with Crippen molar-refractivity contribution in [3.63, 3.8) is 0 Å². The van der Waals surface area contributed by atoms with Gasteiger partial charge in [0.25, 0.3) is 5.91 Å². The summed E-state index contributed by atoms with van der Waals surface area (Å²) < 4.78 is 1.79. The van der Waals surface area contributed by atoms with E-state index in [0.717, 1.165) is 16.9 Å². The molecule has 2 N–H and O–H groups in total. The molecule has 0 saturated heterocycles. The topological polar surface area (TPSA) is 76.0 Å². The van der Waals surface area contributed by atoms with Crippen LogP contribution in [0.3, 0.4) is 0 Å². The molecule has 3 aromatic rings. The zero-order valence-electron chi connectivity index (χ0n) is 14.5. The van der Waals surface area contributed by atoms with E-state index in [2.05, 4.69) is 15.7 Å². The SMILES string of the molecule is Cc1ccnn1-c1ccc(C(=O)NCC(=O)NCc2ccccc2)cc1. The Morgan fingerprint density at radius 1 is 0.962 bits per heavy atom. The van der Waals surface area contributed by atoms with E-state index in [9.17, 15) is 9.59 Å². The molecule has 0 aliphatic rings. The van der Waals surface area contributed by atoms with Crippen LogP contribution in [0.15, 0.2) is 66.9 Å². The smallest absolute Gasteiger partial charge is 0.251 e. The van der Waals surface area contributed by atoms with Crippen molar-refractivity contribution in [3.8, 4) is 5.69 Å². The molecule has 1 heterocycles. The molecule has 0 radical (unpaired) electrons. The summed E-state index contributed by atoms with van der Waals surface area (Å²) >= 11 is 0. The van der Waals surface area contributed by atoms with Crippen molar-refractivity contribution in [3.05, 3.63) is 83.7 Å². The van der Waals surface area contributed by atoms with Gasteiger partial charge in [-0.25, -0.2) is 4.68 Å². The molecule has 0 unspecified atom stereocenters. The molecule has 6 heteroatoms. The Bertz CT molecular complexity index is 886. The highest BCUT2D eigenvalue weighted by molar-refractivity contribution is 5.96. The molecular weight excluding hydrogens is 328 g/mol. The summed E-state index contributed by atoms with van der Waals surface area (Å²) in [5, 5.41) is 9.63. The molecule has 0 aliphatic carbocycles. The highest BCUT2D eigenvalue weighted by Gasteiger charge is 2.09. The van der Waals surface area contributed by atoms with Crippen molar-refractivity contribution in [1.29, 1.82) is 0 Å². The number of aromatic nitrogens is 2. The van der Waals surface area contributed by atoms with Crippen molar-refractivity contribution in [2.45, 2.75) is 13.5 Å². The van der Waals surface area contributed by atoms with Crippen LogP contribution in [0.1, 0.15) is 21.6 Å². The van der Waals surface area contributed by atoms with Crippen LogP contribution in [0, 0.1) is 6.92 Å². The second kappa shape index (κ2) is 8.11. The molecule has 132 valence electrons. The van der Waals surface area contributed by atoms with Gasteiger partial charge in [0, 0.05) is 24.0 Å². The molecule has 26 heavy (non-hydrogen) atoms. The number of hydrogen-bond acceptors (Lipinski definition) is 3. The third-order valence-electron chi connectivity index (χ3n) is 3.95. The number of aryl methyl sites for hydroxylation is 1. The van der Waals surface area contributed by atoms with Gasteiger partial charge in [-0.2, -0.15) is 5.10 Å². The van der Waals surface area contributed by atoms with Gasteiger partial charge in [-0.1, -0.05) is 30.3 Å². The maximum atomic E-state index is 12.2. The molecule has 0 bridgehead atoms. The Balaban J connectivity index is 1.50. The van der Waals surface area contributed by atoms with Gasteiger partial charge < -0.3 is 10.6 Å². The Kier molecular flexibility index (Phi) is 5.43. The number of nitrogens with zero attached hydrogens (tertiary/aromatic N) is 2. The first-order valence-corrected chi connectivity index (χ1v) is 8.33. The largest absolute Gasteiger partial charge is 0.350 e. The lowest BCUT2D eigenvalue weighted by Crippen LogP contribution is -2.36. The summed E-state index contributed by atoms with van der Waals surface area (Å²) in [5.74, 6) is -0.519. The van der Waals surface area contributed by atoms with E-state index in [1.165, 1.54) is 0 Å². The van der Waals surface area contributed by atoms with Crippen LogP contribution in [0.4, 0.5) is 0 Å². The first-order chi connectivity index (χ1) is 12.6. The van der Waals surface area contributed by atoms with Crippen molar-refractivity contribution < 1.29 is 9.59 Å². The van der Waals surface area contributed by atoms with Crippen molar-refractivity contribution in [2.24, 2.45) is 0 Å². The number of rotatable bonds is 6. The number of carbonyl (C=O) groups is 2. The predicted octanol–water partition coefficient (Wildman–Crippen LogP) is 2.23. The van der Waals surface area contributed by atoms with Gasteiger partial charge in [0.05, 0.1) is 12.2 Å². The monoisotopic (exact) mass is 348 g/mol. The Morgan fingerprint density at radius 3 is 2.35 bits per heavy atom. The molecule has 2 amide bonds. The van der Waals surface area contributed by atoms with Gasteiger partial charge >= 0.3 is 0 Å². The van der Waals surface area contributed by atoms with E-state index in [-0.39, 0.29) is 18.4 Å². The minimum Gasteiger partial charge on any atom is -0.350 e. The number of carbonyl (C=O) groups excluding carboxylic acids is 2. The first kappa shape index (κ1) is 17.4. The zero-order valence-corrected chi connectivity index (χ0v) is 14.5. The van der Waals surface area contributed by atoms with Gasteiger partial charge in [-0.05, 0) is 42.8 Å². The quantitative estimate of drug-likeness (QED) is 0.717. The third-order valence-corrected chi connectivity index (χ3v) is 3.95. The molecule has 0 atom stereocenters. The van der Waals surface area contributed by atoms with Crippen LogP contribution in [0.5, 0.6) is 0 Å². The number of nitrogens with one attached hydrogen (secondary N) is 2. The van der Waals surface area contributed by atoms with Crippen LogP contribution in [0.25, 0.3) is 5.69 Å². The van der Waals surface area contributed by atoms with Gasteiger partial charge in [-0.3, -0.25) is 9.59 Å². The van der Waals surface area contributed by atoms with E-state index < -0.39 is 0 Å². The van der Waals surface area contributed by atoms with E-state index >= 15 is 0 Å². The van der Waals surface area contributed by atoms with Gasteiger partial charge in [-0.15, -0.1) is 0 Å². The second-order valence-electron chi connectivity index (χ2n) is 5.88. The fraction of sp³-hybridized carbons (Fsp3) is 0.150. The Labute approximate surface area is 151 Å². The molecule has 6 nitrogen and oxygen atoms in total.